The Balaban J connectivity index is 1.58. The zero-order valence-electron chi connectivity index (χ0n) is 14.3. The minimum atomic E-state index is -0.309. The lowest BCUT2D eigenvalue weighted by Gasteiger charge is -2.09. The van der Waals surface area contributed by atoms with Crippen molar-refractivity contribution in [3.05, 3.63) is 77.2 Å². The second-order valence-corrected chi connectivity index (χ2v) is 6.94. The van der Waals surface area contributed by atoms with Crippen LogP contribution in [0.5, 0.6) is 0 Å². The minimum absolute atomic E-state index is 0.250. The minimum Gasteiger partial charge on any atom is -0.321 e. The third-order valence-corrected chi connectivity index (χ3v) is 5.17. The summed E-state index contributed by atoms with van der Waals surface area (Å²) in [5.74, 6) is -0.559. The van der Waals surface area contributed by atoms with Crippen LogP contribution in [0, 0.1) is 12.7 Å². The Bertz CT molecular complexity index is 1110. The van der Waals surface area contributed by atoms with Crippen LogP contribution in [-0.4, -0.2) is 26.1 Å². The van der Waals surface area contributed by atoms with E-state index in [1.54, 1.807) is 36.4 Å². The quantitative estimate of drug-likeness (QED) is 0.580. The third-order valence-electron chi connectivity index (χ3n) is 4.05. The molecule has 6 nitrogen and oxygen atoms in total. The number of thiophene rings is 1. The highest BCUT2D eigenvalue weighted by Crippen LogP contribution is 2.30. The molecule has 0 saturated heterocycles. The first-order chi connectivity index (χ1) is 13.1. The van der Waals surface area contributed by atoms with Crippen molar-refractivity contribution in [3.8, 4) is 16.1 Å². The van der Waals surface area contributed by atoms with Gasteiger partial charge in [0.05, 0.1) is 10.6 Å². The summed E-state index contributed by atoms with van der Waals surface area (Å²) in [5, 5.41) is 14.0. The van der Waals surface area contributed by atoms with E-state index in [1.165, 1.54) is 28.4 Å². The van der Waals surface area contributed by atoms with Gasteiger partial charge in [0, 0.05) is 16.1 Å². The standard InChI is InChI=1S/C19H14FN5OS/c1-12-6-7-13(25-11-21-23-24-25)10-16(12)22-19(26)18-9-8-17(27-18)14-4-2-3-5-15(14)20/h2-11H,1H3,(H,22,26). The number of hydrogen-bond acceptors (Lipinski definition) is 5. The van der Waals surface area contributed by atoms with Crippen molar-refractivity contribution in [2.45, 2.75) is 6.92 Å². The van der Waals surface area contributed by atoms with Crippen molar-refractivity contribution >= 4 is 22.9 Å². The number of tetrazole rings is 1. The van der Waals surface area contributed by atoms with Crippen molar-refractivity contribution < 1.29 is 9.18 Å². The second-order valence-electron chi connectivity index (χ2n) is 5.85. The number of halogens is 1. The SMILES string of the molecule is Cc1ccc(-n2cnnn2)cc1NC(=O)c1ccc(-c2ccccc2F)s1. The highest BCUT2D eigenvalue weighted by Gasteiger charge is 2.14. The van der Waals surface area contributed by atoms with Gasteiger partial charge in [0.25, 0.3) is 5.91 Å². The molecule has 8 heteroatoms. The fraction of sp³-hybridized carbons (Fsp3) is 0.0526. The molecule has 0 aliphatic carbocycles. The number of carbonyl (C=O) groups excluding carboxylic acids is 1. The summed E-state index contributed by atoms with van der Waals surface area (Å²) in [6, 6.07) is 15.5. The first kappa shape index (κ1) is 17.0. The molecule has 0 bridgehead atoms. The summed E-state index contributed by atoms with van der Waals surface area (Å²) in [6.07, 6.45) is 1.48. The maximum atomic E-state index is 14.0. The number of amides is 1. The van der Waals surface area contributed by atoms with E-state index in [2.05, 4.69) is 20.8 Å². The lowest BCUT2D eigenvalue weighted by Crippen LogP contribution is -2.11. The molecule has 2 heterocycles. The number of rotatable bonds is 4. The van der Waals surface area contributed by atoms with Gasteiger partial charge >= 0.3 is 0 Å². The van der Waals surface area contributed by atoms with Gasteiger partial charge in [0.15, 0.2) is 0 Å². The summed E-state index contributed by atoms with van der Waals surface area (Å²) in [6.45, 7) is 1.90. The Morgan fingerprint density at radius 1 is 1.15 bits per heavy atom. The molecule has 2 aromatic heterocycles. The van der Waals surface area contributed by atoms with Gasteiger partial charge in [0.1, 0.15) is 12.1 Å². The molecule has 1 N–H and O–H groups in total. The molecule has 2 aromatic carbocycles. The van der Waals surface area contributed by atoms with Crippen LogP contribution in [0.4, 0.5) is 10.1 Å². The monoisotopic (exact) mass is 379 g/mol. The molecule has 27 heavy (non-hydrogen) atoms. The smallest absolute Gasteiger partial charge is 0.265 e. The van der Waals surface area contributed by atoms with Crippen molar-refractivity contribution in [1.82, 2.24) is 20.2 Å². The number of hydrogen-bond donors (Lipinski definition) is 1. The summed E-state index contributed by atoms with van der Waals surface area (Å²) in [5.41, 5.74) is 2.79. The average molecular weight is 379 g/mol. The number of carbonyl (C=O) groups is 1. The number of benzene rings is 2. The molecule has 0 aliphatic rings. The molecule has 0 unspecified atom stereocenters. The van der Waals surface area contributed by atoms with Gasteiger partial charge in [0.2, 0.25) is 0 Å². The van der Waals surface area contributed by atoms with Gasteiger partial charge in [-0.2, -0.15) is 0 Å². The summed E-state index contributed by atoms with van der Waals surface area (Å²) >= 11 is 1.25. The number of aromatic nitrogens is 4. The molecule has 0 aliphatic heterocycles. The molecule has 0 atom stereocenters. The normalized spacial score (nSPS) is 10.7. The van der Waals surface area contributed by atoms with Crippen LogP contribution < -0.4 is 5.32 Å². The Morgan fingerprint density at radius 3 is 2.78 bits per heavy atom. The number of nitrogens with zero attached hydrogens (tertiary/aromatic N) is 4. The third kappa shape index (κ3) is 3.47. The molecule has 4 aromatic rings. The molecule has 0 fully saturated rings. The lowest BCUT2D eigenvalue weighted by atomic mass is 10.1. The highest BCUT2D eigenvalue weighted by atomic mass is 32.1. The molecule has 0 radical (unpaired) electrons. The molecular formula is C19H14FN5OS. The Kier molecular flexibility index (Phi) is 4.47. The van der Waals surface area contributed by atoms with E-state index in [4.69, 9.17) is 0 Å². The molecule has 0 spiro atoms. The maximum absolute atomic E-state index is 14.0. The molecule has 4 rings (SSSR count). The summed E-state index contributed by atoms with van der Waals surface area (Å²) < 4.78 is 15.5. The predicted molar refractivity (Wildman–Crippen MR) is 102 cm³/mol. The van der Waals surface area contributed by atoms with Crippen molar-refractivity contribution in [3.63, 3.8) is 0 Å². The van der Waals surface area contributed by atoms with Crippen LogP contribution in [0.25, 0.3) is 16.1 Å². The van der Waals surface area contributed by atoms with E-state index in [-0.39, 0.29) is 11.7 Å². The number of anilines is 1. The number of nitrogens with one attached hydrogen (secondary N) is 1. The van der Waals surface area contributed by atoms with Crippen LogP contribution >= 0.6 is 11.3 Å². The fourth-order valence-corrected chi connectivity index (χ4v) is 3.54. The predicted octanol–water partition coefficient (Wildman–Crippen LogP) is 4.09. The van der Waals surface area contributed by atoms with Crippen LogP contribution in [-0.2, 0) is 0 Å². The number of aryl methyl sites for hydroxylation is 1. The molecule has 1 amide bonds. The maximum Gasteiger partial charge on any atom is 0.265 e. The second kappa shape index (κ2) is 7.08. The van der Waals surface area contributed by atoms with E-state index < -0.39 is 0 Å². The Morgan fingerprint density at radius 2 is 2.00 bits per heavy atom. The Hall–Kier alpha value is -3.39. The lowest BCUT2D eigenvalue weighted by molar-refractivity contribution is 0.103. The van der Waals surface area contributed by atoms with E-state index in [9.17, 15) is 9.18 Å². The largest absolute Gasteiger partial charge is 0.321 e. The van der Waals surface area contributed by atoms with Crippen molar-refractivity contribution in [2.24, 2.45) is 0 Å². The van der Waals surface area contributed by atoms with Gasteiger partial charge in [-0.15, -0.1) is 16.4 Å². The van der Waals surface area contributed by atoms with Crippen LogP contribution in [0.2, 0.25) is 0 Å². The van der Waals surface area contributed by atoms with Gasteiger partial charge in [-0.25, -0.2) is 9.07 Å². The van der Waals surface area contributed by atoms with Crippen LogP contribution in [0.3, 0.4) is 0 Å². The summed E-state index contributed by atoms with van der Waals surface area (Å²) in [4.78, 5) is 13.9. The zero-order valence-corrected chi connectivity index (χ0v) is 15.1. The fourth-order valence-electron chi connectivity index (χ4n) is 2.62. The Labute approximate surface area is 158 Å². The van der Waals surface area contributed by atoms with Crippen LogP contribution in [0.15, 0.2) is 60.9 Å². The molecular weight excluding hydrogens is 365 g/mol. The van der Waals surface area contributed by atoms with Crippen LogP contribution in [0.1, 0.15) is 15.2 Å². The first-order valence-corrected chi connectivity index (χ1v) is 8.93. The van der Waals surface area contributed by atoms with Crippen molar-refractivity contribution in [1.29, 1.82) is 0 Å². The zero-order chi connectivity index (χ0) is 18.8. The van der Waals surface area contributed by atoms with E-state index >= 15 is 0 Å². The van der Waals surface area contributed by atoms with E-state index in [0.29, 0.717) is 21.0 Å². The van der Waals surface area contributed by atoms with Gasteiger partial charge in [-0.1, -0.05) is 24.3 Å². The topological polar surface area (TPSA) is 72.7 Å². The van der Waals surface area contributed by atoms with Gasteiger partial charge in [-0.05, 0) is 53.2 Å². The highest BCUT2D eigenvalue weighted by molar-refractivity contribution is 7.17. The average Bonchev–Trinajstić information content (AvgIpc) is 3.36. The van der Waals surface area contributed by atoms with E-state index in [1.807, 2.05) is 19.1 Å². The van der Waals surface area contributed by atoms with Gasteiger partial charge < -0.3 is 5.32 Å². The van der Waals surface area contributed by atoms with Crippen molar-refractivity contribution in [2.75, 3.05) is 5.32 Å². The van der Waals surface area contributed by atoms with Gasteiger partial charge in [-0.3, -0.25) is 4.79 Å². The molecule has 0 saturated carbocycles. The molecule has 134 valence electrons. The van der Waals surface area contributed by atoms with E-state index in [0.717, 1.165) is 11.3 Å². The summed E-state index contributed by atoms with van der Waals surface area (Å²) in [7, 11) is 0. The first-order valence-electron chi connectivity index (χ1n) is 8.12.